The summed E-state index contributed by atoms with van der Waals surface area (Å²) in [5.41, 5.74) is 0.0616. The summed E-state index contributed by atoms with van der Waals surface area (Å²) in [6.45, 7) is 3.37. The summed E-state index contributed by atoms with van der Waals surface area (Å²) in [6.07, 6.45) is 3.47. The summed E-state index contributed by atoms with van der Waals surface area (Å²) in [6, 6.07) is 5.28. The summed E-state index contributed by atoms with van der Waals surface area (Å²) < 4.78 is 28.5. The predicted octanol–water partition coefficient (Wildman–Crippen LogP) is 1.76. The first kappa shape index (κ1) is 20.9. The number of anilines is 1. The van der Waals surface area contributed by atoms with Gasteiger partial charge in [0.05, 0.1) is 6.04 Å². The number of nitrogens with one attached hydrogen (secondary N) is 1. The van der Waals surface area contributed by atoms with E-state index in [4.69, 9.17) is 0 Å². The summed E-state index contributed by atoms with van der Waals surface area (Å²) in [5, 5.41) is 3.28. The zero-order chi connectivity index (χ0) is 20.8. The van der Waals surface area contributed by atoms with Crippen molar-refractivity contribution in [3.63, 3.8) is 0 Å². The fourth-order valence-electron chi connectivity index (χ4n) is 3.46. The van der Waals surface area contributed by atoms with E-state index in [1.54, 1.807) is 44.5 Å². The molecule has 1 aliphatic heterocycles. The molecule has 0 radical (unpaired) electrons. The Balaban J connectivity index is 1.63. The third-order valence-corrected chi connectivity index (χ3v) is 5.04. The zero-order valence-corrected chi connectivity index (χ0v) is 17.0. The molecule has 0 aliphatic carbocycles. The fraction of sp³-hybridized carbons (Fsp3) is 0.450. The number of guanidine groups is 1. The Labute approximate surface area is 170 Å². The number of aliphatic imine (C=N–C) groups is 1. The molecule has 3 rings (SSSR count). The molecule has 0 spiro atoms. The van der Waals surface area contributed by atoms with Crippen LogP contribution in [0, 0.1) is 11.6 Å². The number of hydrogen-bond acceptors (Lipinski definition) is 5. The molecule has 0 saturated carbocycles. The Kier molecular flexibility index (Phi) is 6.92. The van der Waals surface area contributed by atoms with Crippen molar-refractivity contribution in [3.8, 4) is 0 Å². The van der Waals surface area contributed by atoms with Gasteiger partial charge in [0.15, 0.2) is 5.96 Å². The summed E-state index contributed by atoms with van der Waals surface area (Å²) in [4.78, 5) is 19.0. The molecule has 1 aliphatic rings. The third-order valence-electron chi connectivity index (χ3n) is 5.04. The van der Waals surface area contributed by atoms with Crippen molar-refractivity contribution in [3.05, 3.63) is 53.9 Å². The second-order valence-electron chi connectivity index (χ2n) is 7.07. The summed E-state index contributed by atoms with van der Waals surface area (Å²) >= 11 is 0. The first-order valence-electron chi connectivity index (χ1n) is 9.59. The molecule has 2 aromatic rings. The Morgan fingerprint density at radius 3 is 2.28 bits per heavy atom. The largest absolute Gasteiger partial charge is 0.354 e. The molecule has 7 nitrogen and oxygen atoms in total. The molecule has 2 heterocycles. The van der Waals surface area contributed by atoms with E-state index < -0.39 is 17.7 Å². The van der Waals surface area contributed by atoms with Gasteiger partial charge in [-0.2, -0.15) is 0 Å². The summed E-state index contributed by atoms with van der Waals surface area (Å²) in [7, 11) is 5.32. The maximum absolute atomic E-state index is 14.3. The van der Waals surface area contributed by atoms with Gasteiger partial charge in [0.25, 0.3) is 0 Å². The minimum atomic E-state index is -0.544. The lowest BCUT2D eigenvalue weighted by Gasteiger charge is -2.37. The normalized spacial score (nSPS) is 16.3. The monoisotopic (exact) mass is 403 g/mol. The topological polar surface area (TPSA) is 59.9 Å². The molecule has 156 valence electrons. The molecule has 1 saturated heterocycles. The molecule has 1 N–H and O–H groups in total. The average molecular weight is 403 g/mol. The van der Waals surface area contributed by atoms with Crippen LogP contribution in [0.1, 0.15) is 11.6 Å². The maximum atomic E-state index is 14.3. The second-order valence-corrected chi connectivity index (χ2v) is 7.07. The second kappa shape index (κ2) is 9.60. The Morgan fingerprint density at radius 1 is 1.10 bits per heavy atom. The standard InChI is InChI=1S/C20H27F2N7/c1-23-19(28-10-12-29(13-11-28)20-24-8-5-9-25-20)26-14-17(27(2)3)18-15(21)6-4-7-16(18)22/h4-9,17H,10-14H2,1-3H3,(H,23,26). The summed E-state index contributed by atoms with van der Waals surface area (Å²) in [5.74, 6) is 0.342. The fourth-order valence-corrected chi connectivity index (χ4v) is 3.46. The molecule has 1 atom stereocenters. The van der Waals surface area contributed by atoms with Crippen molar-refractivity contribution >= 4 is 11.9 Å². The van der Waals surface area contributed by atoms with Crippen LogP contribution in [0.4, 0.5) is 14.7 Å². The van der Waals surface area contributed by atoms with Gasteiger partial charge in [-0.25, -0.2) is 18.7 Å². The van der Waals surface area contributed by atoms with Gasteiger partial charge in [-0.3, -0.25) is 4.99 Å². The van der Waals surface area contributed by atoms with Gasteiger partial charge >= 0.3 is 0 Å². The van der Waals surface area contributed by atoms with E-state index in [1.807, 2.05) is 0 Å². The van der Waals surface area contributed by atoms with Gasteiger partial charge in [0, 0.05) is 57.7 Å². The van der Waals surface area contributed by atoms with E-state index in [0.29, 0.717) is 12.5 Å². The van der Waals surface area contributed by atoms with E-state index in [1.165, 1.54) is 18.2 Å². The van der Waals surface area contributed by atoms with Gasteiger partial charge in [-0.15, -0.1) is 0 Å². The molecule has 0 amide bonds. The van der Waals surface area contributed by atoms with Crippen LogP contribution in [-0.4, -0.2) is 79.6 Å². The zero-order valence-electron chi connectivity index (χ0n) is 17.0. The lowest BCUT2D eigenvalue weighted by atomic mass is 10.0. The molecule has 1 unspecified atom stereocenters. The van der Waals surface area contributed by atoms with E-state index in [0.717, 1.165) is 32.1 Å². The number of hydrogen-bond donors (Lipinski definition) is 1. The van der Waals surface area contributed by atoms with Crippen molar-refractivity contribution in [1.82, 2.24) is 25.1 Å². The molecule has 1 aromatic heterocycles. The van der Waals surface area contributed by atoms with Crippen LogP contribution in [0.3, 0.4) is 0 Å². The van der Waals surface area contributed by atoms with Gasteiger partial charge in [-0.1, -0.05) is 6.07 Å². The van der Waals surface area contributed by atoms with E-state index >= 15 is 0 Å². The molecular formula is C20H27F2N7. The van der Waals surface area contributed by atoms with Crippen molar-refractivity contribution in [2.75, 3.05) is 58.8 Å². The highest BCUT2D eigenvalue weighted by Gasteiger charge is 2.25. The van der Waals surface area contributed by atoms with Gasteiger partial charge in [0.1, 0.15) is 11.6 Å². The van der Waals surface area contributed by atoms with Gasteiger partial charge < -0.3 is 20.0 Å². The van der Waals surface area contributed by atoms with Crippen LogP contribution in [0.2, 0.25) is 0 Å². The number of benzene rings is 1. The van der Waals surface area contributed by atoms with Crippen LogP contribution in [-0.2, 0) is 0 Å². The smallest absolute Gasteiger partial charge is 0.225 e. The minimum absolute atomic E-state index is 0.0616. The highest BCUT2D eigenvalue weighted by molar-refractivity contribution is 5.80. The van der Waals surface area contributed by atoms with Crippen LogP contribution >= 0.6 is 0 Å². The third kappa shape index (κ3) is 4.97. The Hall–Kier alpha value is -2.81. The molecule has 1 aromatic carbocycles. The average Bonchev–Trinajstić information content (AvgIpc) is 2.73. The molecular weight excluding hydrogens is 376 g/mol. The van der Waals surface area contributed by atoms with Crippen LogP contribution in [0.15, 0.2) is 41.7 Å². The number of likely N-dealkylation sites (N-methyl/N-ethyl adjacent to an activating group) is 1. The van der Waals surface area contributed by atoms with E-state index in [2.05, 4.69) is 30.1 Å². The maximum Gasteiger partial charge on any atom is 0.225 e. The van der Waals surface area contributed by atoms with Crippen LogP contribution in [0.25, 0.3) is 0 Å². The number of piperazine rings is 1. The van der Waals surface area contributed by atoms with Gasteiger partial charge in [0.2, 0.25) is 5.95 Å². The van der Waals surface area contributed by atoms with Crippen LogP contribution < -0.4 is 10.2 Å². The number of aromatic nitrogens is 2. The first-order valence-corrected chi connectivity index (χ1v) is 9.59. The van der Waals surface area contributed by atoms with E-state index in [-0.39, 0.29) is 5.56 Å². The lowest BCUT2D eigenvalue weighted by Crippen LogP contribution is -2.53. The van der Waals surface area contributed by atoms with Crippen molar-refractivity contribution in [1.29, 1.82) is 0 Å². The SMILES string of the molecule is CN=C(NCC(c1c(F)cccc1F)N(C)C)N1CCN(c2ncccn2)CC1. The van der Waals surface area contributed by atoms with Crippen LogP contribution in [0.5, 0.6) is 0 Å². The lowest BCUT2D eigenvalue weighted by molar-refractivity contribution is 0.278. The number of halogens is 2. The minimum Gasteiger partial charge on any atom is -0.354 e. The molecule has 9 heteroatoms. The number of rotatable bonds is 5. The van der Waals surface area contributed by atoms with Crippen molar-refractivity contribution in [2.24, 2.45) is 4.99 Å². The quantitative estimate of drug-likeness (QED) is 0.607. The van der Waals surface area contributed by atoms with E-state index in [9.17, 15) is 8.78 Å². The highest BCUT2D eigenvalue weighted by Crippen LogP contribution is 2.24. The Bertz CT molecular complexity index is 801. The highest BCUT2D eigenvalue weighted by atomic mass is 19.1. The number of nitrogens with zero attached hydrogens (tertiary/aromatic N) is 6. The Morgan fingerprint density at radius 2 is 1.72 bits per heavy atom. The first-order chi connectivity index (χ1) is 14.0. The van der Waals surface area contributed by atoms with Crippen molar-refractivity contribution in [2.45, 2.75) is 6.04 Å². The molecule has 29 heavy (non-hydrogen) atoms. The predicted molar refractivity (Wildman–Crippen MR) is 110 cm³/mol. The molecule has 0 bridgehead atoms. The van der Waals surface area contributed by atoms with Crippen molar-refractivity contribution < 1.29 is 8.78 Å². The van der Waals surface area contributed by atoms with Gasteiger partial charge in [-0.05, 0) is 32.3 Å². The molecule has 1 fully saturated rings.